The van der Waals surface area contributed by atoms with Gasteiger partial charge < -0.3 is 15.5 Å². The monoisotopic (exact) mass is 366 g/mol. The van der Waals surface area contributed by atoms with E-state index in [4.69, 9.17) is 0 Å². The van der Waals surface area contributed by atoms with Gasteiger partial charge in [0.1, 0.15) is 0 Å². The maximum Gasteiger partial charge on any atom is 0.251 e. The van der Waals surface area contributed by atoms with Crippen LogP contribution in [0.25, 0.3) is 0 Å². The summed E-state index contributed by atoms with van der Waals surface area (Å²) in [6, 6.07) is 5.25. The zero-order valence-electron chi connectivity index (χ0n) is 14.6. The van der Waals surface area contributed by atoms with E-state index in [0.717, 1.165) is 44.7 Å². The van der Waals surface area contributed by atoms with Crippen LogP contribution in [0, 0.1) is 0 Å². The third-order valence-electron chi connectivity index (χ3n) is 4.74. The van der Waals surface area contributed by atoms with Gasteiger partial charge in [0.25, 0.3) is 5.91 Å². The van der Waals surface area contributed by atoms with E-state index in [9.17, 15) is 13.2 Å². The van der Waals surface area contributed by atoms with E-state index in [2.05, 4.69) is 15.5 Å². The average Bonchev–Trinajstić information content (AvgIpc) is 3.03. The molecule has 0 aromatic heterocycles. The van der Waals surface area contributed by atoms with E-state index in [1.807, 2.05) is 6.07 Å². The van der Waals surface area contributed by atoms with Gasteiger partial charge in [0.05, 0.1) is 11.9 Å². The van der Waals surface area contributed by atoms with Crippen LogP contribution in [0.3, 0.4) is 0 Å². The van der Waals surface area contributed by atoms with Gasteiger partial charge >= 0.3 is 0 Å². The summed E-state index contributed by atoms with van der Waals surface area (Å²) in [6.45, 7) is 6.29. The molecule has 0 atom stereocenters. The van der Waals surface area contributed by atoms with Gasteiger partial charge in [-0.05, 0) is 43.1 Å². The SMILES string of the molecule is CS(=O)(=O)N1CCc2cc(C(=O)NCCCN3CCNCC3)ccc21. The van der Waals surface area contributed by atoms with Crippen molar-refractivity contribution < 1.29 is 13.2 Å². The summed E-state index contributed by atoms with van der Waals surface area (Å²) in [6.07, 6.45) is 2.78. The average molecular weight is 366 g/mol. The number of sulfonamides is 1. The number of nitrogens with zero attached hydrogens (tertiary/aromatic N) is 2. The lowest BCUT2D eigenvalue weighted by Crippen LogP contribution is -2.44. The fourth-order valence-electron chi connectivity index (χ4n) is 3.40. The lowest BCUT2D eigenvalue weighted by Gasteiger charge is -2.27. The molecular formula is C17H26N4O3S. The number of anilines is 1. The molecule has 3 rings (SSSR count). The number of hydrogen-bond acceptors (Lipinski definition) is 5. The van der Waals surface area contributed by atoms with Crippen LogP contribution in [0.5, 0.6) is 0 Å². The molecule has 1 amide bonds. The van der Waals surface area contributed by atoms with Crippen molar-refractivity contribution in [3.63, 3.8) is 0 Å². The van der Waals surface area contributed by atoms with Gasteiger partial charge in [0.2, 0.25) is 10.0 Å². The van der Waals surface area contributed by atoms with E-state index in [1.165, 1.54) is 10.6 Å². The highest BCUT2D eigenvalue weighted by Crippen LogP contribution is 2.30. The summed E-state index contributed by atoms with van der Waals surface area (Å²) < 4.78 is 24.9. The predicted octanol–water partition coefficient (Wildman–Crippen LogP) is 0.0338. The molecule has 25 heavy (non-hydrogen) atoms. The van der Waals surface area contributed by atoms with Gasteiger partial charge in [0.15, 0.2) is 0 Å². The minimum atomic E-state index is -3.25. The predicted molar refractivity (Wildman–Crippen MR) is 98.6 cm³/mol. The molecule has 2 heterocycles. The third-order valence-corrected chi connectivity index (χ3v) is 5.92. The molecule has 8 heteroatoms. The summed E-state index contributed by atoms with van der Waals surface area (Å²) in [5.74, 6) is -0.0964. The van der Waals surface area contributed by atoms with Gasteiger partial charge in [-0.3, -0.25) is 9.10 Å². The highest BCUT2D eigenvalue weighted by Gasteiger charge is 2.26. The zero-order chi connectivity index (χ0) is 17.9. The van der Waals surface area contributed by atoms with Crippen molar-refractivity contribution in [1.29, 1.82) is 0 Å². The summed E-state index contributed by atoms with van der Waals surface area (Å²) >= 11 is 0. The normalized spacial score (nSPS) is 18.2. The van der Waals surface area contributed by atoms with Crippen LogP contribution in [-0.4, -0.2) is 71.3 Å². The van der Waals surface area contributed by atoms with Gasteiger partial charge in [-0.1, -0.05) is 0 Å². The van der Waals surface area contributed by atoms with Gasteiger partial charge in [-0.25, -0.2) is 8.42 Å². The first-order valence-electron chi connectivity index (χ1n) is 8.77. The Labute approximate surface area is 149 Å². The molecule has 2 aliphatic heterocycles. The Bertz CT molecular complexity index is 729. The molecule has 1 saturated heterocycles. The van der Waals surface area contributed by atoms with Crippen LogP contribution in [0.15, 0.2) is 18.2 Å². The molecule has 1 fully saturated rings. The topological polar surface area (TPSA) is 81.8 Å². The van der Waals surface area contributed by atoms with Crippen molar-refractivity contribution in [2.24, 2.45) is 0 Å². The summed E-state index contributed by atoms with van der Waals surface area (Å²) in [5, 5.41) is 6.28. The highest BCUT2D eigenvalue weighted by atomic mass is 32.2. The molecule has 0 saturated carbocycles. The molecule has 138 valence electrons. The van der Waals surface area contributed by atoms with E-state index in [1.54, 1.807) is 12.1 Å². The Morgan fingerprint density at radius 2 is 2.00 bits per heavy atom. The molecule has 2 N–H and O–H groups in total. The summed E-state index contributed by atoms with van der Waals surface area (Å²) in [5.41, 5.74) is 2.20. The van der Waals surface area contributed by atoms with Crippen molar-refractivity contribution >= 4 is 21.6 Å². The van der Waals surface area contributed by atoms with Crippen molar-refractivity contribution in [3.8, 4) is 0 Å². The molecule has 2 aliphatic rings. The Morgan fingerprint density at radius 1 is 1.24 bits per heavy atom. The van der Waals surface area contributed by atoms with Crippen LogP contribution >= 0.6 is 0 Å². The number of nitrogens with one attached hydrogen (secondary N) is 2. The van der Waals surface area contributed by atoms with Gasteiger partial charge in [-0.2, -0.15) is 0 Å². The third kappa shape index (κ3) is 4.50. The van der Waals surface area contributed by atoms with E-state index >= 15 is 0 Å². The fraction of sp³-hybridized carbons (Fsp3) is 0.588. The maximum atomic E-state index is 12.3. The molecule has 0 unspecified atom stereocenters. The number of carbonyl (C=O) groups is 1. The number of piperazine rings is 1. The Balaban J connectivity index is 1.51. The number of rotatable bonds is 6. The summed E-state index contributed by atoms with van der Waals surface area (Å²) in [7, 11) is -3.25. The number of amides is 1. The Morgan fingerprint density at radius 3 is 2.72 bits per heavy atom. The largest absolute Gasteiger partial charge is 0.352 e. The van der Waals surface area contributed by atoms with E-state index < -0.39 is 10.0 Å². The van der Waals surface area contributed by atoms with E-state index in [-0.39, 0.29) is 5.91 Å². The first-order chi connectivity index (χ1) is 11.9. The molecule has 1 aromatic rings. The van der Waals surface area contributed by atoms with Gasteiger partial charge in [0, 0.05) is 44.8 Å². The second-order valence-corrected chi connectivity index (χ2v) is 8.54. The Hall–Kier alpha value is -1.64. The zero-order valence-corrected chi connectivity index (χ0v) is 15.4. The molecule has 1 aromatic carbocycles. The number of benzene rings is 1. The second-order valence-electron chi connectivity index (χ2n) is 6.63. The van der Waals surface area contributed by atoms with Gasteiger partial charge in [-0.15, -0.1) is 0 Å². The lowest BCUT2D eigenvalue weighted by molar-refractivity contribution is 0.0951. The maximum absolute atomic E-state index is 12.3. The first-order valence-corrected chi connectivity index (χ1v) is 10.6. The number of hydrogen-bond donors (Lipinski definition) is 2. The van der Waals surface area contributed by atoms with Crippen LogP contribution in [0.4, 0.5) is 5.69 Å². The number of fused-ring (bicyclic) bond motifs is 1. The lowest BCUT2D eigenvalue weighted by atomic mass is 10.1. The van der Waals surface area contributed by atoms with Crippen LogP contribution in [0.1, 0.15) is 22.3 Å². The highest BCUT2D eigenvalue weighted by molar-refractivity contribution is 7.92. The molecular weight excluding hydrogens is 340 g/mol. The first kappa shape index (κ1) is 18.2. The number of carbonyl (C=O) groups excluding carboxylic acids is 1. The van der Waals surface area contributed by atoms with Crippen LogP contribution in [-0.2, 0) is 16.4 Å². The second kappa shape index (κ2) is 7.72. The molecule has 0 bridgehead atoms. The fourth-order valence-corrected chi connectivity index (χ4v) is 4.36. The standard InChI is InChI=1S/C17H26N4O3S/c1-25(23,24)21-10-5-14-13-15(3-4-16(14)21)17(22)19-6-2-9-20-11-7-18-8-12-20/h3-4,13,18H,2,5-12H2,1H3,(H,19,22). The minimum absolute atomic E-state index is 0.0964. The minimum Gasteiger partial charge on any atom is -0.352 e. The molecule has 0 radical (unpaired) electrons. The summed E-state index contributed by atoms with van der Waals surface area (Å²) in [4.78, 5) is 14.7. The smallest absolute Gasteiger partial charge is 0.251 e. The molecule has 0 spiro atoms. The van der Waals surface area contributed by atoms with Crippen molar-refractivity contribution in [2.45, 2.75) is 12.8 Å². The molecule has 0 aliphatic carbocycles. The van der Waals surface area contributed by atoms with Crippen molar-refractivity contribution in [1.82, 2.24) is 15.5 Å². The van der Waals surface area contributed by atoms with E-state index in [0.29, 0.717) is 30.8 Å². The quantitative estimate of drug-likeness (QED) is 0.695. The Kier molecular flexibility index (Phi) is 5.61. The van der Waals surface area contributed by atoms with Crippen LogP contribution < -0.4 is 14.9 Å². The van der Waals surface area contributed by atoms with Crippen molar-refractivity contribution in [3.05, 3.63) is 29.3 Å². The molecule has 7 nitrogen and oxygen atoms in total. The van der Waals surface area contributed by atoms with Crippen LogP contribution in [0.2, 0.25) is 0 Å². The van der Waals surface area contributed by atoms with Crippen molar-refractivity contribution in [2.75, 3.05) is 56.4 Å².